The lowest BCUT2D eigenvalue weighted by Crippen LogP contribution is -2.56. The molecule has 116 valence electrons. The third-order valence-corrected chi connectivity index (χ3v) is 4.71. The van der Waals surface area contributed by atoms with Crippen molar-refractivity contribution in [3.63, 3.8) is 0 Å². The molecule has 0 radical (unpaired) electrons. The highest BCUT2D eigenvalue weighted by molar-refractivity contribution is 5.94. The Kier molecular flexibility index (Phi) is 3.53. The molecule has 1 aromatic rings. The molecule has 0 bridgehead atoms. The minimum atomic E-state index is -0.441. The van der Waals surface area contributed by atoms with Crippen molar-refractivity contribution in [2.45, 2.75) is 57.3 Å². The van der Waals surface area contributed by atoms with Gasteiger partial charge in [-0.3, -0.25) is 9.48 Å². The highest BCUT2D eigenvalue weighted by atomic mass is 16.5. The molecular formula is C15H23N3O3. The molecule has 0 aromatic carbocycles. The van der Waals surface area contributed by atoms with Gasteiger partial charge in [0.05, 0.1) is 30.0 Å². The molecule has 2 N–H and O–H groups in total. The second kappa shape index (κ2) is 5.10. The standard InChI is InChI=1S/C15H23N3O3/c1-9-7-11-12(17-18(3)13(11)10(2)21-9)14(20)16-15(8-19)5-4-6-15/h9-10,19H,4-8H2,1-3H3,(H,16,20)/t9-,10+/m1/s1. The van der Waals surface area contributed by atoms with E-state index >= 15 is 0 Å². The zero-order valence-electron chi connectivity index (χ0n) is 12.8. The third-order valence-electron chi connectivity index (χ3n) is 4.71. The van der Waals surface area contributed by atoms with E-state index in [-0.39, 0.29) is 24.7 Å². The number of aromatic nitrogens is 2. The average Bonchev–Trinajstić information content (AvgIpc) is 2.71. The van der Waals surface area contributed by atoms with Crippen LogP contribution in [-0.4, -0.2) is 39.0 Å². The minimum Gasteiger partial charge on any atom is -0.394 e. The Bertz CT molecular complexity index is 557. The van der Waals surface area contributed by atoms with Gasteiger partial charge in [-0.15, -0.1) is 0 Å². The van der Waals surface area contributed by atoms with E-state index in [0.29, 0.717) is 12.1 Å². The van der Waals surface area contributed by atoms with Gasteiger partial charge in [-0.25, -0.2) is 0 Å². The number of aliphatic hydroxyl groups is 1. The summed E-state index contributed by atoms with van der Waals surface area (Å²) in [6, 6.07) is 0. The van der Waals surface area contributed by atoms with E-state index in [4.69, 9.17) is 4.74 Å². The first-order valence-corrected chi connectivity index (χ1v) is 7.60. The molecule has 6 nitrogen and oxygen atoms in total. The Morgan fingerprint density at radius 3 is 2.81 bits per heavy atom. The highest BCUT2D eigenvalue weighted by Gasteiger charge is 2.40. The summed E-state index contributed by atoms with van der Waals surface area (Å²) in [5.74, 6) is -0.179. The Balaban J connectivity index is 1.89. The van der Waals surface area contributed by atoms with Crippen LogP contribution in [0.3, 0.4) is 0 Å². The van der Waals surface area contributed by atoms with Crippen LogP contribution in [-0.2, 0) is 18.2 Å². The predicted molar refractivity (Wildman–Crippen MR) is 77.0 cm³/mol. The van der Waals surface area contributed by atoms with E-state index in [0.717, 1.165) is 30.5 Å². The first-order valence-electron chi connectivity index (χ1n) is 7.60. The second-order valence-corrected chi connectivity index (χ2v) is 6.38. The van der Waals surface area contributed by atoms with Crippen molar-refractivity contribution in [3.8, 4) is 0 Å². The Morgan fingerprint density at radius 2 is 2.24 bits per heavy atom. The monoisotopic (exact) mass is 293 g/mol. The Morgan fingerprint density at radius 1 is 1.52 bits per heavy atom. The fourth-order valence-electron chi connectivity index (χ4n) is 3.45. The lowest BCUT2D eigenvalue weighted by atomic mass is 9.77. The van der Waals surface area contributed by atoms with Gasteiger partial charge >= 0.3 is 0 Å². The van der Waals surface area contributed by atoms with Crippen molar-refractivity contribution in [1.29, 1.82) is 0 Å². The topological polar surface area (TPSA) is 76.4 Å². The van der Waals surface area contributed by atoms with E-state index in [2.05, 4.69) is 10.4 Å². The van der Waals surface area contributed by atoms with Crippen molar-refractivity contribution in [2.75, 3.05) is 6.61 Å². The Hall–Kier alpha value is -1.40. The molecule has 1 amide bonds. The number of amides is 1. The summed E-state index contributed by atoms with van der Waals surface area (Å²) >= 11 is 0. The minimum absolute atomic E-state index is 0.0102. The first-order chi connectivity index (χ1) is 9.96. The van der Waals surface area contributed by atoms with Crippen molar-refractivity contribution in [2.24, 2.45) is 7.05 Å². The maximum absolute atomic E-state index is 12.6. The second-order valence-electron chi connectivity index (χ2n) is 6.38. The van der Waals surface area contributed by atoms with Crippen LogP contribution in [0.5, 0.6) is 0 Å². The van der Waals surface area contributed by atoms with Crippen molar-refractivity contribution in [1.82, 2.24) is 15.1 Å². The van der Waals surface area contributed by atoms with Crippen molar-refractivity contribution >= 4 is 5.91 Å². The summed E-state index contributed by atoms with van der Waals surface area (Å²) in [6.07, 6.45) is 3.43. The van der Waals surface area contributed by atoms with Crippen LogP contribution in [0.25, 0.3) is 0 Å². The Labute approximate surface area is 124 Å². The number of carbonyl (C=O) groups is 1. The van der Waals surface area contributed by atoms with Crippen molar-refractivity contribution in [3.05, 3.63) is 17.0 Å². The molecule has 21 heavy (non-hydrogen) atoms. The zero-order valence-corrected chi connectivity index (χ0v) is 12.8. The smallest absolute Gasteiger partial charge is 0.272 e. The number of hydrogen-bond acceptors (Lipinski definition) is 4. The molecular weight excluding hydrogens is 270 g/mol. The quantitative estimate of drug-likeness (QED) is 0.874. The molecule has 6 heteroatoms. The molecule has 3 rings (SSSR count). The molecule has 2 atom stereocenters. The first kappa shape index (κ1) is 14.5. The fraction of sp³-hybridized carbons (Fsp3) is 0.733. The number of hydrogen-bond donors (Lipinski definition) is 2. The van der Waals surface area contributed by atoms with Crippen LogP contribution in [0, 0.1) is 0 Å². The number of nitrogens with zero attached hydrogens (tertiary/aromatic N) is 2. The largest absolute Gasteiger partial charge is 0.394 e. The number of aryl methyl sites for hydroxylation is 1. The third kappa shape index (κ3) is 2.36. The van der Waals surface area contributed by atoms with Crippen LogP contribution in [0.4, 0.5) is 0 Å². The van der Waals surface area contributed by atoms with Gasteiger partial charge < -0.3 is 15.2 Å². The van der Waals surface area contributed by atoms with E-state index in [9.17, 15) is 9.90 Å². The lowest BCUT2D eigenvalue weighted by molar-refractivity contribution is -0.00905. The molecule has 0 unspecified atom stereocenters. The molecule has 0 spiro atoms. The van der Waals surface area contributed by atoms with E-state index < -0.39 is 5.54 Å². The highest BCUT2D eigenvalue weighted by Crippen LogP contribution is 2.34. The normalized spacial score (nSPS) is 26.9. The predicted octanol–water partition coefficient (Wildman–Crippen LogP) is 1.09. The molecule has 1 fully saturated rings. The van der Waals surface area contributed by atoms with E-state index in [1.165, 1.54) is 0 Å². The van der Waals surface area contributed by atoms with Crippen LogP contribution >= 0.6 is 0 Å². The van der Waals surface area contributed by atoms with Gasteiger partial charge in [-0.2, -0.15) is 5.10 Å². The molecule has 1 saturated carbocycles. The summed E-state index contributed by atoms with van der Waals surface area (Å²) in [7, 11) is 1.84. The number of ether oxygens (including phenoxy) is 1. The summed E-state index contributed by atoms with van der Waals surface area (Å²) in [5, 5.41) is 16.9. The van der Waals surface area contributed by atoms with Crippen LogP contribution < -0.4 is 5.32 Å². The summed E-state index contributed by atoms with van der Waals surface area (Å²) < 4.78 is 7.55. The molecule has 2 heterocycles. The van der Waals surface area contributed by atoms with Gasteiger partial charge in [0.1, 0.15) is 0 Å². The van der Waals surface area contributed by atoms with Crippen LogP contribution in [0.15, 0.2) is 0 Å². The van der Waals surface area contributed by atoms with Crippen molar-refractivity contribution < 1.29 is 14.6 Å². The van der Waals surface area contributed by atoms with Gasteiger partial charge in [0.25, 0.3) is 5.91 Å². The summed E-state index contributed by atoms with van der Waals surface area (Å²) in [5.41, 5.74) is 2.00. The average molecular weight is 293 g/mol. The number of nitrogens with one attached hydrogen (secondary N) is 1. The number of carbonyl (C=O) groups excluding carboxylic acids is 1. The van der Waals surface area contributed by atoms with Gasteiger partial charge in [0, 0.05) is 19.0 Å². The molecule has 0 saturated heterocycles. The molecule has 1 aliphatic carbocycles. The summed E-state index contributed by atoms with van der Waals surface area (Å²) in [4.78, 5) is 12.6. The molecule has 1 aromatic heterocycles. The van der Waals surface area contributed by atoms with Gasteiger partial charge in [0.15, 0.2) is 5.69 Å². The lowest BCUT2D eigenvalue weighted by Gasteiger charge is -2.40. The number of fused-ring (bicyclic) bond motifs is 1. The SMILES string of the molecule is C[C@@H]1Cc2c(C(=O)NC3(CO)CCC3)nn(C)c2[C@H](C)O1. The van der Waals surface area contributed by atoms with E-state index in [1.807, 2.05) is 20.9 Å². The van der Waals surface area contributed by atoms with Gasteiger partial charge in [0.2, 0.25) is 0 Å². The maximum atomic E-state index is 12.6. The molecule has 1 aliphatic heterocycles. The fourth-order valence-corrected chi connectivity index (χ4v) is 3.45. The number of rotatable bonds is 3. The van der Waals surface area contributed by atoms with Crippen LogP contribution in [0.1, 0.15) is 61.0 Å². The summed E-state index contributed by atoms with van der Waals surface area (Å²) in [6.45, 7) is 3.98. The maximum Gasteiger partial charge on any atom is 0.272 e. The number of aliphatic hydroxyl groups excluding tert-OH is 1. The van der Waals surface area contributed by atoms with Gasteiger partial charge in [-0.05, 0) is 33.1 Å². The van der Waals surface area contributed by atoms with Crippen LogP contribution in [0.2, 0.25) is 0 Å². The zero-order chi connectivity index (χ0) is 15.2. The van der Waals surface area contributed by atoms with E-state index in [1.54, 1.807) is 4.68 Å². The van der Waals surface area contributed by atoms with Gasteiger partial charge in [-0.1, -0.05) is 0 Å². The molecule has 2 aliphatic rings.